The van der Waals surface area contributed by atoms with E-state index in [1.54, 1.807) is 0 Å². The number of rotatable bonds is 4. The second kappa shape index (κ2) is 5.70. The van der Waals surface area contributed by atoms with Crippen molar-refractivity contribution in [2.75, 3.05) is 0 Å². The van der Waals surface area contributed by atoms with Gasteiger partial charge in [-0.15, -0.1) is 0 Å². The Morgan fingerprint density at radius 1 is 1.10 bits per heavy atom. The molecule has 1 atom stereocenters. The van der Waals surface area contributed by atoms with Gasteiger partial charge in [-0.05, 0) is 37.1 Å². The largest absolute Gasteiger partial charge is 0.328 e. The number of para-hydroxylation sites is 2. The van der Waals surface area contributed by atoms with Gasteiger partial charge in [0.2, 0.25) is 0 Å². The Morgan fingerprint density at radius 2 is 1.81 bits per heavy atom. The number of aromatic nitrogens is 2. The van der Waals surface area contributed by atoms with Gasteiger partial charge >= 0.3 is 0 Å². The molecule has 0 fully saturated rings. The van der Waals surface area contributed by atoms with E-state index in [1.807, 2.05) is 18.2 Å². The smallest absolute Gasteiger partial charge is 0.111 e. The van der Waals surface area contributed by atoms with Gasteiger partial charge in [-0.1, -0.05) is 36.4 Å². The van der Waals surface area contributed by atoms with Gasteiger partial charge in [0.05, 0.1) is 11.0 Å². The summed E-state index contributed by atoms with van der Waals surface area (Å²) in [5.41, 5.74) is 11.1. The third-order valence-electron chi connectivity index (χ3n) is 4.04. The molecule has 0 saturated carbocycles. The Bertz CT molecular complexity index is 758. The Kier molecular flexibility index (Phi) is 3.76. The summed E-state index contributed by atoms with van der Waals surface area (Å²) < 4.78 is 2.26. The van der Waals surface area contributed by atoms with Crippen LogP contribution in [-0.2, 0) is 13.0 Å². The molecular weight excluding hydrogens is 258 g/mol. The summed E-state index contributed by atoms with van der Waals surface area (Å²) in [6.45, 7) is 5.17. The molecule has 0 radical (unpaired) electrons. The van der Waals surface area contributed by atoms with Crippen molar-refractivity contribution in [1.29, 1.82) is 0 Å². The highest BCUT2D eigenvalue weighted by atomic mass is 15.1. The standard InChI is InChI=1S/C18H21N3/c1-3-21-17-11-7-6-10-16(17)20-18(21)12-15(19)14-9-5-4-8-13(14)2/h4-11,15H,3,12,19H2,1-2H3. The van der Waals surface area contributed by atoms with Crippen LogP contribution in [0.1, 0.15) is 29.9 Å². The lowest BCUT2D eigenvalue weighted by atomic mass is 9.99. The van der Waals surface area contributed by atoms with E-state index >= 15 is 0 Å². The third kappa shape index (κ3) is 2.57. The molecule has 2 N–H and O–H groups in total. The number of imidazole rings is 1. The third-order valence-corrected chi connectivity index (χ3v) is 4.04. The summed E-state index contributed by atoms with van der Waals surface area (Å²) in [5, 5.41) is 0. The SMILES string of the molecule is CCn1c(CC(N)c2ccccc2C)nc2ccccc21. The number of fused-ring (bicyclic) bond motifs is 1. The van der Waals surface area contributed by atoms with E-state index in [1.165, 1.54) is 16.6 Å². The molecule has 3 aromatic rings. The Morgan fingerprint density at radius 3 is 2.57 bits per heavy atom. The lowest BCUT2D eigenvalue weighted by molar-refractivity contribution is 0.635. The molecule has 1 aromatic heterocycles. The van der Waals surface area contributed by atoms with E-state index in [4.69, 9.17) is 10.7 Å². The van der Waals surface area contributed by atoms with Gasteiger partial charge < -0.3 is 10.3 Å². The fourth-order valence-electron chi connectivity index (χ4n) is 2.94. The van der Waals surface area contributed by atoms with Crippen molar-refractivity contribution in [3.63, 3.8) is 0 Å². The fraction of sp³-hybridized carbons (Fsp3) is 0.278. The Labute approximate surface area is 125 Å². The number of nitrogens with zero attached hydrogens (tertiary/aromatic N) is 2. The lowest BCUT2D eigenvalue weighted by Crippen LogP contribution is -2.17. The summed E-state index contributed by atoms with van der Waals surface area (Å²) in [6.07, 6.45) is 0.757. The van der Waals surface area contributed by atoms with Crippen molar-refractivity contribution >= 4 is 11.0 Å². The number of nitrogens with two attached hydrogens (primary N) is 1. The van der Waals surface area contributed by atoms with Crippen molar-refractivity contribution in [3.8, 4) is 0 Å². The molecule has 21 heavy (non-hydrogen) atoms. The average Bonchev–Trinajstić information content (AvgIpc) is 2.84. The predicted molar refractivity (Wildman–Crippen MR) is 87.2 cm³/mol. The zero-order chi connectivity index (χ0) is 14.8. The van der Waals surface area contributed by atoms with Crippen LogP contribution >= 0.6 is 0 Å². The van der Waals surface area contributed by atoms with Crippen molar-refractivity contribution in [3.05, 3.63) is 65.5 Å². The van der Waals surface area contributed by atoms with Crippen molar-refractivity contribution in [1.82, 2.24) is 9.55 Å². The number of hydrogen-bond donors (Lipinski definition) is 1. The molecule has 0 spiro atoms. The monoisotopic (exact) mass is 279 g/mol. The lowest BCUT2D eigenvalue weighted by Gasteiger charge is -2.15. The van der Waals surface area contributed by atoms with E-state index in [0.29, 0.717) is 0 Å². The van der Waals surface area contributed by atoms with Crippen LogP contribution in [0, 0.1) is 6.92 Å². The number of aryl methyl sites for hydroxylation is 2. The van der Waals surface area contributed by atoms with Crippen LogP contribution in [0.15, 0.2) is 48.5 Å². The Hall–Kier alpha value is -2.13. The molecule has 0 aliphatic heterocycles. The van der Waals surface area contributed by atoms with Gasteiger partial charge in [-0.3, -0.25) is 0 Å². The van der Waals surface area contributed by atoms with Gasteiger partial charge in [0.15, 0.2) is 0 Å². The van der Waals surface area contributed by atoms with Crippen LogP contribution in [-0.4, -0.2) is 9.55 Å². The molecule has 0 aliphatic rings. The predicted octanol–water partition coefficient (Wildman–Crippen LogP) is 3.61. The zero-order valence-corrected chi connectivity index (χ0v) is 12.6. The van der Waals surface area contributed by atoms with E-state index in [-0.39, 0.29) is 6.04 Å². The maximum atomic E-state index is 6.42. The van der Waals surface area contributed by atoms with Gasteiger partial charge in [-0.25, -0.2) is 4.98 Å². The first-order valence-corrected chi connectivity index (χ1v) is 7.46. The maximum absolute atomic E-state index is 6.42. The normalized spacial score (nSPS) is 12.7. The minimum absolute atomic E-state index is 0.0201. The van der Waals surface area contributed by atoms with Gasteiger partial charge in [-0.2, -0.15) is 0 Å². The fourth-order valence-corrected chi connectivity index (χ4v) is 2.94. The first-order chi connectivity index (χ1) is 10.2. The first-order valence-electron chi connectivity index (χ1n) is 7.46. The second-order valence-electron chi connectivity index (χ2n) is 5.43. The van der Waals surface area contributed by atoms with Crippen molar-refractivity contribution in [2.24, 2.45) is 5.73 Å². The quantitative estimate of drug-likeness (QED) is 0.793. The van der Waals surface area contributed by atoms with E-state index in [9.17, 15) is 0 Å². The molecule has 0 saturated heterocycles. The molecule has 108 valence electrons. The molecule has 1 unspecified atom stereocenters. The Balaban J connectivity index is 1.96. The van der Waals surface area contributed by atoms with E-state index in [0.717, 1.165) is 24.3 Å². The highest BCUT2D eigenvalue weighted by Crippen LogP contribution is 2.22. The number of hydrogen-bond acceptors (Lipinski definition) is 2. The maximum Gasteiger partial charge on any atom is 0.111 e. The molecular formula is C18H21N3. The van der Waals surface area contributed by atoms with Gasteiger partial charge in [0, 0.05) is 19.0 Å². The van der Waals surface area contributed by atoms with Crippen LogP contribution in [0.2, 0.25) is 0 Å². The zero-order valence-electron chi connectivity index (χ0n) is 12.6. The van der Waals surface area contributed by atoms with Gasteiger partial charge in [0.1, 0.15) is 5.82 Å². The summed E-state index contributed by atoms with van der Waals surface area (Å²) >= 11 is 0. The van der Waals surface area contributed by atoms with Crippen molar-refractivity contribution in [2.45, 2.75) is 32.9 Å². The number of benzene rings is 2. The molecule has 3 rings (SSSR count). The minimum Gasteiger partial charge on any atom is -0.328 e. The topological polar surface area (TPSA) is 43.8 Å². The minimum atomic E-state index is -0.0201. The molecule has 0 bridgehead atoms. The van der Waals surface area contributed by atoms with Crippen LogP contribution in [0.5, 0.6) is 0 Å². The molecule has 2 aromatic carbocycles. The summed E-state index contributed by atoms with van der Waals surface area (Å²) in [7, 11) is 0. The molecule has 1 heterocycles. The first kappa shape index (κ1) is 13.8. The van der Waals surface area contributed by atoms with Crippen LogP contribution < -0.4 is 5.73 Å². The van der Waals surface area contributed by atoms with Gasteiger partial charge in [0.25, 0.3) is 0 Å². The highest BCUT2D eigenvalue weighted by molar-refractivity contribution is 5.75. The van der Waals surface area contributed by atoms with Crippen LogP contribution in [0.25, 0.3) is 11.0 Å². The highest BCUT2D eigenvalue weighted by Gasteiger charge is 2.15. The van der Waals surface area contributed by atoms with Crippen LogP contribution in [0.4, 0.5) is 0 Å². The summed E-state index contributed by atoms with van der Waals surface area (Å²) in [4.78, 5) is 4.76. The van der Waals surface area contributed by atoms with E-state index in [2.05, 4.69) is 48.7 Å². The molecule has 3 heteroatoms. The van der Waals surface area contributed by atoms with Crippen molar-refractivity contribution < 1.29 is 0 Å². The average molecular weight is 279 g/mol. The molecule has 0 amide bonds. The summed E-state index contributed by atoms with van der Waals surface area (Å²) in [6, 6.07) is 16.6. The summed E-state index contributed by atoms with van der Waals surface area (Å²) in [5.74, 6) is 1.06. The van der Waals surface area contributed by atoms with E-state index < -0.39 is 0 Å². The van der Waals surface area contributed by atoms with Crippen LogP contribution in [0.3, 0.4) is 0 Å². The molecule has 0 aliphatic carbocycles. The molecule has 3 nitrogen and oxygen atoms in total. The second-order valence-corrected chi connectivity index (χ2v) is 5.43.